The zero-order valence-corrected chi connectivity index (χ0v) is 9.51. The van der Waals surface area contributed by atoms with E-state index in [-0.39, 0.29) is 11.4 Å². The number of fused-ring (bicyclic) bond motifs is 1. The number of furan rings is 1. The molecule has 2 aromatic heterocycles. The number of benzene rings is 1. The van der Waals surface area contributed by atoms with Crippen molar-refractivity contribution >= 4 is 11.0 Å². The fourth-order valence-corrected chi connectivity index (χ4v) is 1.91. The Hall–Kier alpha value is -2.20. The second-order valence-corrected chi connectivity index (χ2v) is 4.04. The molecule has 3 rings (SSSR count). The molecule has 0 aliphatic carbocycles. The molecule has 0 saturated heterocycles. The van der Waals surface area contributed by atoms with Crippen LogP contribution in [0.2, 0.25) is 0 Å². The van der Waals surface area contributed by atoms with Gasteiger partial charge in [0.25, 0.3) is 0 Å². The number of hydrogen-bond donors (Lipinski definition) is 1. The molecule has 0 spiro atoms. The molecule has 90 valence electrons. The van der Waals surface area contributed by atoms with Gasteiger partial charge in [0.1, 0.15) is 11.8 Å². The predicted molar refractivity (Wildman–Crippen MR) is 66.4 cm³/mol. The Labute approximate surface area is 103 Å². The molecule has 0 radical (unpaired) electrons. The number of nitrogens with two attached hydrogens (primary N) is 1. The van der Waals surface area contributed by atoms with Crippen LogP contribution >= 0.6 is 0 Å². The summed E-state index contributed by atoms with van der Waals surface area (Å²) in [4.78, 5) is 4.17. The normalized spacial score (nSPS) is 12.8. The maximum Gasteiger partial charge on any atom is 0.169 e. The van der Waals surface area contributed by atoms with Crippen molar-refractivity contribution in [1.82, 2.24) is 4.98 Å². The molecule has 3 nitrogen and oxygen atoms in total. The Kier molecular flexibility index (Phi) is 2.57. The van der Waals surface area contributed by atoms with E-state index >= 15 is 0 Å². The summed E-state index contributed by atoms with van der Waals surface area (Å²) >= 11 is 0. The highest BCUT2D eigenvalue weighted by Gasteiger charge is 2.16. The summed E-state index contributed by atoms with van der Waals surface area (Å²) in [5.41, 5.74) is 6.98. The first-order valence-electron chi connectivity index (χ1n) is 5.60. The van der Waals surface area contributed by atoms with Crippen molar-refractivity contribution in [3.05, 3.63) is 65.9 Å². The lowest BCUT2D eigenvalue weighted by molar-refractivity contribution is 0.499. The molecule has 18 heavy (non-hydrogen) atoms. The summed E-state index contributed by atoms with van der Waals surface area (Å²) in [6, 6.07) is 11.5. The van der Waals surface area contributed by atoms with Gasteiger partial charge in [-0.15, -0.1) is 0 Å². The monoisotopic (exact) mass is 242 g/mol. The molecular weight excluding hydrogens is 231 g/mol. The Bertz CT molecular complexity index is 679. The third-order valence-corrected chi connectivity index (χ3v) is 2.83. The molecule has 0 aliphatic rings. The lowest BCUT2D eigenvalue weighted by Crippen LogP contribution is -2.12. The SMILES string of the molecule is NC(c1ccccn1)c1cc2cccc(F)c2o1. The molecule has 0 fully saturated rings. The van der Waals surface area contributed by atoms with Crippen LogP contribution in [-0.2, 0) is 0 Å². The van der Waals surface area contributed by atoms with Crippen molar-refractivity contribution in [3.63, 3.8) is 0 Å². The van der Waals surface area contributed by atoms with E-state index < -0.39 is 6.04 Å². The highest BCUT2D eigenvalue weighted by molar-refractivity contribution is 5.78. The van der Waals surface area contributed by atoms with Gasteiger partial charge in [0, 0.05) is 11.6 Å². The first-order chi connectivity index (χ1) is 8.75. The molecule has 0 aliphatic heterocycles. The van der Waals surface area contributed by atoms with E-state index in [9.17, 15) is 4.39 Å². The summed E-state index contributed by atoms with van der Waals surface area (Å²) in [6.07, 6.45) is 1.67. The second-order valence-electron chi connectivity index (χ2n) is 4.04. The van der Waals surface area contributed by atoms with Gasteiger partial charge >= 0.3 is 0 Å². The van der Waals surface area contributed by atoms with E-state index in [0.29, 0.717) is 16.8 Å². The van der Waals surface area contributed by atoms with E-state index in [1.54, 1.807) is 24.4 Å². The minimum atomic E-state index is -0.488. The quantitative estimate of drug-likeness (QED) is 0.751. The number of rotatable bonds is 2. The fourth-order valence-electron chi connectivity index (χ4n) is 1.91. The first kappa shape index (κ1) is 10.9. The van der Waals surface area contributed by atoms with Crippen LogP contribution in [0.25, 0.3) is 11.0 Å². The average Bonchev–Trinajstić information content (AvgIpc) is 2.84. The summed E-state index contributed by atoms with van der Waals surface area (Å²) in [7, 11) is 0. The van der Waals surface area contributed by atoms with E-state index in [1.807, 2.05) is 18.2 Å². The smallest absolute Gasteiger partial charge is 0.169 e. The van der Waals surface area contributed by atoms with Gasteiger partial charge in [-0.2, -0.15) is 0 Å². The molecular formula is C14H11FN2O. The number of aromatic nitrogens is 1. The van der Waals surface area contributed by atoms with Crippen molar-refractivity contribution in [3.8, 4) is 0 Å². The van der Waals surface area contributed by atoms with Gasteiger partial charge in [-0.3, -0.25) is 4.98 Å². The van der Waals surface area contributed by atoms with Crippen LogP contribution in [0.5, 0.6) is 0 Å². The van der Waals surface area contributed by atoms with Crippen LogP contribution < -0.4 is 5.73 Å². The zero-order chi connectivity index (χ0) is 12.5. The molecule has 1 atom stereocenters. The Morgan fingerprint density at radius 3 is 2.78 bits per heavy atom. The Morgan fingerprint density at radius 1 is 1.17 bits per heavy atom. The van der Waals surface area contributed by atoms with Crippen molar-refractivity contribution in [2.24, 2.45) is 5.73 Å². The minimum absolute atomic E-state index is 0.235. The molecule has 4 heteroatoms. The van der Waals surface area contributed by atoms with Gasteiger partial charge in [0.05, 0.1) is 5.69 Å². The third-order valence-electron chi connectivity index (χ3n) is 2.83. The van der Waals surface area contributed by atoms with E-state index in [2.05, 4.69) is 4.98 Å². The second kappa shape index (κ2) is 4.23. The first-order valence-corrected chi connectivity index (χ1v) is 5.60. The molecule has 2 heterocycles. The zero-order valence-electron chi connectivity index (χ0n) is 9.51. The summed E-state index contributed by atoms with van der Waals surface area (Å²) in [5, 5.41) is 0.705. The highest BCUT2D eigenvalue weighted by atomic mass is 19.1. The molecule has 1 aromatic carbocycles. The number of halogens is 1. The van der Waals surface area contributed by atoms with E-state index in [0.717, 1.165) is 0 Å². The third kappa shape index (κ3) is 1.76. The van der Waals surface area contributed by atoms with Gasteiger partial charge in [-0.1, -0.05) is 18.2 Å². The lowest BCUT2D eigenvalue weighted by Gasteiger charge is -2.06. The van der Waals surface area contributed by atoms with Gasteiger partial charge < -0.3 is 10.2 Å². The maximum absolute atomic E-state index is 13.5. The van der Waals surface area contributed by atoms with Crippen LogP contribution in [-0.4, -0.2) is 4.98 Å². The highest BCUT2D eigenvalue weighted by Crippen LogP contribution is 2.27. The topological polar surface area (TPSA) is 52.0 Å². The van der Waals surface area contributed by atoms with Gasteiger partial charge in [-0.25, -0.2) is 4.39 Å². The van der Waals surface area contributed by atoms with E-state index in [4.69, 9.17) is 10.2 Å². The van der Waals surface area contributed by atoms with Crippen LogP contribution in [0, 0.1) is 5.82 Å². The van der Waals surface area contributed by atoms with Crippen LogP contribution in [0.15, 0.2) is 53.1 Å². The summed E-state index contributed by atoms with van der Waals surface area (Å²) in [6.45, 7) is 0. The van der Waals surface area contributed by atoms with Crippen LogP contribution in [0.1, 0.15) is 17.5 Å². The van der Waals surface area contributed by atoms with Crippen molar-refractivity contribution < 1.29 is 8.81 Å². The molecule has 2 N–H and O–H groups in total. The number of nitrogens with zero attached hydrogens (tertiary/aromatic N) is 1. The van der Waals surface area contributed by atoms with Gasteiger partial charge in [0.2, 0.25) is 0 Å². The summed E-state index contributed by atoms with van der Waals surface area (Å²) < 4.78 is 19.0. The molecule has 0 saturated carbocycles. The largest absolute Gasteiger partial charge is 0.456 e. The number of pyridine rings is 1. The molecule has 3 aromatic rings. The predicted octanol–water partition coefficient (Wildman–Crippen LogP) is 3.02. The Morgan fingerprint density at radius 2 is 2.06 bits per heavy atom. The average molecular weight is 242 g/mol. The number of hydrogen-bond acceptors (Lipinski definition) is 3. The van der Waals surface area contributed by atoms with E-state index in [1.165, 1.54) is 6.07 Å². The number of para-hydroxylation sites is 1. The van der Waals surface area contributed by atoms with Crippen molar-refractivity contribution in [1.29, 1.82) is 0 Å². The molecule has 0 bridgehead atoms. The minimum Gasteiger partial charge on any atom is -0.456 e. The fraction of sp³-hybridized carbons (Fsp3) is 0.0714. The van der Waals surface area contributed by atoms with Crippen molar-refractivity contribution in [2.45, 2.75) is 6.04 Å². The van der Waals surface area contributed by atoms with Crippen molar-refractivity contribution in [2.75, 3.05) is 0 Å². The van der Waals surface area contributed by atoms with Gasteiger partial charge in [-0.05, 0) is 24.3 Å². The van der Waals surface area contributed by atoms with Crippen LogP contribution in [0.4, 0.5) is 4.39 Å². The summed E-state index contributed by atoms with van der Waals surface area (Å²) in [5.74, 6) is 0.126. The maximum atomic E-state index is 13.5. The molecule has 1 unspecified atom stereocenters. The molecule has 0 amide bonds. The van der Waals surface area contributed by atoms with Crippen LogP contribution in [0.3, 0.4) is 0 Å². The standard InChI is InChI=1S/C14H11FN2O/c15-10-5-3-4-9-8-12(18-14(9)10)13(16)11-6-1-2-7-17-11/h1-8,13H,16H2. The van der Waals surface area contributed by atoms with Gasteiger partial charge in [0.15, 0.2) is 11.4 Å². The lowest BCUT2D eigenvalue weighted by atomic mass is 10.1. The Balaban J connectivity index is 2.07.